The molecule has 2 aromatic heterocycles. The number of hydrogen-bond acceptors (Lipinski definition) is 11. The van der Waals surface area contributed by atoms with Crippen LogP contribution < -0.4 is 10.5 Å². The van der Waals surface area contributed by atoms with E-state index in [9.17, 15) is 9.67 Å². The lowest BCUT2D eigenvalue weighted by Gasteiger charge is -2.37. The third-order valence-corrected chi connectivity index (χ3v) is 6.26. The van der Waals surface area contributed by atoms with E-state index in [1.54, 1.807) is 20.8 Å². The van der Waals surface area contributed by atoms with Crippen molar-refractivity contribution in [1.29, 1.82) is 0 Å². The van der Waals surface area contributed by atoms with Crippen LogP contribution in [0.5, 0.6) is 5.88 Å². The number of phosphoric acid groups is 1. The Labute approximate surface area is 171 Å². The van der Waals surface area contributed by atoms with Crippen molar-refractivity contribution < 1.29 is 37.1 Å². The van der Waals surface area contributed by atoms with E-state index in [4.69, 9.17) is 28.8 Å². The summed E-state index contributed by atoms with van der Waals surface area (Å²) in [5, 5.41) is 11.2. The van der Waals surface area contributed by atoms with Gasteiger partial charge in [-0.1, -0.05) is 0 Å². The van der Waals surface area contributed by atoms with Gasteiger partial charge in [-0.3, -0.25) is 18.1 Å². The van der Waals surface area contributed by atoms with E-state index in [0.717, 1.165) is 0 Å². The van der Waals surface area contributed by atoms with Crippen molar-refractivity contribution in [2.75, 3.05) is 18.9 Å². The summed E-state index contributed by atoms with van der Waals surface area (Å²) in [5.74, 6) is -2.56. The Kier molecular flexibility index (Phi) is 5.03. The molecule has 14 heteroatoms. The molecule has 0 amide bonds. The highest BCUT2D eigenvalue weighted by Gasteiger charge is 2.69. The minimum Gasteiger partial charge on any atom is -0.476 e. The van der Waals surface area contributed by atoms with Gasteiger partial charge in [0, 0.05) is 0 Å². The topological polar surface area (TPSA) is 153 Å². The van der Waals surface area contributed by atoms with Crippen LogP contribution in [0.25, 0.3) is 11.2 Å². The summed E-state index contributed by atoms with van der Waals surface area (Å²) >= 11 is 0. The van der Waals surface area contributed by atoms with Gasteiger partial charge in [0.05, 0.1) is 19.0 Å². The molecule has 0 aromatic carbocycles. The second kappa shape index (κ2) is 7.08. The molecule has 0 saturated carbocycles. The number of aliphatic hydroxyl groups is 1. The van der Waals surface area contributed by atoms with Crippen LogP contribution in [0.4, 0.5) is 10.3 Å². The lowest BCUT2D eigenvalue weighted by Crippen LogP contribution is -2.52. The predicted octanol–water partition coefficient (Wildman–Crippen LogP) is 1.70. The molecule has 4 heterocycles. The average Bonchev–Trinajstić information content (AvgIpc) is 3.13. The third-order valence-electron chi connectivity index (χ3n) is 4.66. The Bertz CT molecular complexity index is 1020. The number of halogens is 1. The van der Waals surface area contributed by atoms with E-state index in [1.165, 1.54) is 17.8 Å². The molecular weight excluding hydrogens is 424 g/mol. The van der Waals surface area contributed by atoms with Crippen LogP contribution >= 0.6 is 7.82 Å². The second-order valence-corrected chi connectivity index (χ2v) is 9.06. The summed E-state index contributed by atoms with van der Waals surface area (Å²) in [6.45, 7) is 5.83. The summed E-state index contributed by atoms with van der Waals surface area (Å²) in [6, 6.07) is 0. The number of anilines is 1. The average molecular weight is 447 g/mol. The predicted molar refractivity (Wildman–Crippen MR) is 100 cm³/mol. The fraction of sp³-hybridized carbons (Fsp3) is 0.688. The van der Waals surface area contributed by atoms with Gasteiger partial charge in [-0.2, -0.15) is 9.97 Å². The van der Waals surface area contributed by atoms with Gasteiger partial charge in [0.1, 0.15) is 12.2 Å². The molecule has 166 valence electrons. The lowest BCUT2D eigenvalue weighted by molar-refractivity contribution is -0.220. The number of aromatic nitrogens is 4. The van der Waals surface area contributed by atoms with Crippen LogP contribution in [0.2, 0.25) is 0 Å². The number of hydrogen-bond donors (Lipinski definition) is 2. The van der Waals surface area contributed by atoms with Gasteiger partial charge in [-0.25, -0.2) is 13.9 Å². The molecule has 0 radical (unpaired) electrons. The summed E-state index contributed by atoms with van der Waals surface area (Å²) in [5.41, 5.74) is 4.15. The van der Waals surface area contributed by atoms with Crippen molar-refractivity contribution in [3.05, 3.63) is 6.33 Å². The van der Waals surface area contributed by atoms with Gasteiger partial charge in [-0.05, 0) is 27.7 Å². The van der Waals surface area contributed by atoms with Gasteiger partial charge in [0.25, 0.3) is 5.85 Å². The van der Waals surface area contributed by atoms with Crippen LogP contribution in [0, 0.1) is 0 Å². The summed E-state index contributed by atoms with van der Waals surface area (Å²) in [4.78, 5) is 12.3. The first-order valence-electron chi connectivity index (χ1n) is 9.32. The van der Waals surface area contributed by atoms with Crippen molar-refractivity contribution in [3.8, 4) is 5.88 Å². The summed E-state index contributed by atoms with van der Waals surface area (Å²) in [7, 11) is -4.11. The zero-order valence-corrected chi connectivity index (χ0v) is 17.7. The van der Waals surface area contributed by atoms with Crippen molar-refractivity contribution in [1.82, 2.24) is 19.5 Å². The molecule has 30 heavy (non-hydrogen) atoms. The molecular formula is C16H23FN5O7P. The maximum atomic E-state index is 15.5. The summed E-state index contributed by atoms with van der Waals surface area (Å²) in [6.07, 6.45) is -2.27. The quantitative estimate of drug-likeness (QED) is 0.644. The molecule has 2 saturated heterocycles. The minimum absolute atomic E-state index is 0.105. The maximum absolute atomic E-state index is 15.5. The first-order chi connectivity index (χ1) is 14.0. The number of alkyl halides is 1. The smallest absolute Gasteiger partial charge is 0.475 e. The number of nitrogens with two attached hydrogens (primary N) is 1. The molecule has 1 unspecified atom stereocenters. The number of rotatable bonds is 5. The SMILES string of the molecule is CCOc1nc(N)nc2c1ncn2[C@@H]1OC2(F)CO[P@@](=O)(OC(C)C)O[C@H]2[C@@]1(C)O. The Hall–Kier alpha value is -1.89. The standard InChI is InChI=1S/C16H23FN5O7P/c1-5-25-11-9-10(20-14(18)21-11)22(7-19-9)13-15(4,23)12-16(17,27-13)6-26-30(24,29-12)28-8(2)3/h7-8,12-13,23H,5-6H2,1-4H3,(H2,18,20,21)/t12-,13+,15+,16?,30-/m0/s1. The first-order valence-corrected chi connectivity index (χ1v) is 10.8. The van der Waals surface area contributed by atoms with E-state index >= 15 is 4.39 Å². The monoisotopic (exact) mass is 447 g/mol. The van der Waals surface area contributed by atoms with Crippen molar-refractivity contribution in [3.63, 3.8) is 0 Å². The van der Waals surface area contributed by atoms with E-state index in [1.807, 2.05) is 0 Å². The van der Waals surface area contributed by atoms with E-state index in [-0.39, 0.29) is 23.0 Å². The highest BCUT2D eigenvalue weighted by Crippen LogP contribution is 2.62. The maximum Gasteiger partial charge on any atom is 0.475 e. The van der Waals surface area contributed by atoms with Crippen LogP contribution in [0.1, 0.15) is 33.9 Å². The third kappa shape index (κ3) is 3.35. The molecule has 2 fully saturated rings. The number of nitrogen functional groups attached to an aromatic ring is 1. The molecule has 3 N–H and O–H groups in total. The van der Waals surface area contributed by atoms with Crippen molar-refractivity contribution in [2.45, 2.75) is 57.6 Å². The molecule has 0 aliphatic carbocycles. The van der Waals surface area contributed by atoms with Crippen LogP contribution in [-0.4, -0.2) is 61.5 Å². The van der Waals surface area contributed by atoms with Crippen LogP contribution in [0.15, 0.2) is 6.33 Å². The number of fused-ring (bicyclic) bond motifs is 2. The van der Waals surface area contributed by atoms with E-state index < -0.39 is 44.3 Å². The molecule has 5 atom stereocenters. The van der Waals surface area contributed by atoms with Gasteiger partial charge in [0.15, 0.2) is 23.5 Å². The highest BCUT2D eigenvalue weighted by molar-refractivity contribution is 7.48. The minimum atomic E-state index is -4.11. The zero-order valence-electron chi connectivity index (χ0n) is 16.8. The molecule has 2 aliphatic rings. The Morgan fingerprint density at radius 3 is 2.90 bits per heavy atom. The van der Waals surface area contributed by atoms with Crippen LogP contribution in [0.3, 0.4) is 0 Å². The van der Waals surface area contributed by atoms with E-state index in [0.29, 0.717) is 6.61 Å². The molecule has 12 nitrogen and oxygen atoms in total. The highest BCUT2D eigenvalue weighted by atomic mass is 31.2. The van der Waals surface area contributed by atoms with E-state index in [2.05, 4.69) is 15.0 Å². The number of phosphoric ester groups is 1. The van der Waals surface area contributed by atoms with Gasteiger partial charge in [0.2, 0.25) is 11.8 Å². The molecule has 4 rings (SSSR count). The normalized spacial score (nSPS) is 36.4. The Balaban J connectivity index is 1.74. The Morgan fingerprint density at radius 1 is 1.50 bits per heavy atom. The molecule has 0 bridgehead atoms. The molecule has 0 spiro atoms. The van der Waals surface area contributed by atoms with Crippen LogP contribution in [-0.2, 0) is 22.9 Å². The van der Waals surface area contributed by atoms with Gasteiger partial charge >= 0.3 is 7.82 Å². The van der Waals surface area contributed by atoms with Gasteiger partial charge < -0.3 is 20.3 Å². The molecule has 2 aromatic rings. The largest absolute Gasteiger partial charge is 0.476 e. The summed E-state index contributed by atoms with van der Waals surface area (Å²) < 4.78 is 55.9. The zero-order chi connectivity index (χ0) is 21.9. The lowest BCUT2D eigenvalue weighted by atomic mass is 9.95. The fourth-order valence-corrected chi connectivity index (χ4v) is 5.17. The second-order valence-electron chi connectivity index (χ2n) is 7.49. The number of imidazole rings is 1. The number of nitrogens with zero attached hydrogens (tertiary/aromatic N) is 4. The fourth-order valence-electron chi connectivity index (χ4n) is 3.52. The first kappa shape index (κ1) is 21.3. The molecule has 2 aliphatic heterocycles. The van der Waals surface area contributed by atoms with Crippen molar-refractivity contribution in [2.24, 2.45) is 0 Å². The number of ether oxygens (including phenoxy) is 2. The van der Waals surface area contributed by atoms with Gasteiger partial charge in [-0.15, -0.1) is 0 Å². The Morgan fingerprint density at radius 2 is 2.23 bits per heavy atom. The van der Waals surface area contributed by atoms with Crippen molar-refractivity contribution >= 4 is 24.9 Å².